The monoisotopic (exact) mass is 274 g/mol. The van der Waals surface area contributed by atoms with Crippen molar-refractivity contribution in [3.8, 4) is 0 Å². The SMILES string of the molecule is O=C(C(c1cccnc1)N1CCNCC1)N1CCCC1. The van der Waals surface area contributed by atoms with Gasteiger partial charge in [-0.3, -0.25) is 14.7 Å². The Labute approximate surface area is 120 Å². The molecule has 2 aliphatic heterocycles. The number of likely N-dealkylation sites (tertiary alicyclic amines) is 1. The molecule has 3 rings (SSSR count). The van der Waals surface area contributed by atoms with E-state index in [1.807, 2.05) is 23.2 Å². The standard InChI is InChI=1S/C15H22N4O/c20-15(19-8-1-2-9-19)14(13-4-3-5-17-12-13)18-10-6-16-7-11-18/h3-5,12,14,16H,1-2,6-11H2. The Kier molecular flexibility index (Phi) is 4.28. The molecule has 5 heteroatoms. The predicted molar refractivity (Wildman–Crippen MR) is 77.2 cm³/mol. The van der Waals surface area contributed by atoms with E-state index < -0.39 is 0 Å². The Hall–Kier alpha value is -1.46. The van der Waals surface area contributed by atoms with Gasteiger partial charge in [-0.1, -0.05) is 6.07 Å². The van der Waals surface area contributed by atoms with Crippen LogP contribution in [0.1, 0.15) is 24.4 Å². The summed E-state index contributed by atoms with van der Waals surface area (Å²) in [5.74, 6) is 0.248. The number of pyridine rings is 1. The molecule has 0 saturated carbocycles. The zero-order valence-corrected chi connectivity index (χ0v) is 11.8. The normalized spacial score (nSPS) is 21.9. The lowest BCUT2D eigenvalue weighted by atomic mass is 10.1. The summed E-state index contributed by atoms with van der Waals surface area (Å²) in [6.45, 7) is 5.54. The summed E-state index contributed by atoms with van der Waals surface area (Å²) in [5, 5.41) is 3.35. The summed E-state index contributed by atoms with van der Waals surface area (Å²) < 4.78 is 0. The quantitative estimate of drug-likeness (QED) is 0.879. The number of hydrogen-bond donors (Lipinski definition) is 1. The van der Waals surface area contributed by atoms with Crippen LogP contribution in [0.5, 0.6) is 0 Å². The van der Waals surface area contributed by atoms with E-state index in [2.05, 4.69) is 15.2 Å². The van der Waals surface area contributed by atoms with Crippen LogP contribution in [-0.2, 0) is 4.79 Å². The van der Waals surface area contributed by atoms with E-state index in [0.717, 1.165) is 57.7 Å². The van der Waals surface area contributed by atoms with Crippen LogP contribution in [0.4, 0.5) is 0 Å². The molecule has 2 saturated heterocycles. The van der Waals surface area contributed by atoms with Crippen LogP contribution in [0.15, 0.2) is 24.5 Å². The van der Waals surface area contributed by atoms with E-state index in [-0.39, 0.29) is 11.9 Å². The van der Waals surface area contributed by atoms with Crippen molar-refractivity contribution < 1.29 is 4.79 Å². The topological polar surface area (TPSA) is 48.5 Å². The van der Waals surface area contributed by atoms with Gasteiger partial charge in [0.2, 0.25) is 5.91 Å². The van der Waals surface area contributed by atoms with E-state index in [0.29, 0.717) is 0 Å². The van der Waals surface area contributed by atoms with E-state index in [1.54, 1.807) is 6.20 Å². The van der Waals surface area contributed by atoms with Crippen LogP contribution in [0.25, 0.3) is 0 Å². The molecule has 0 spiro atoms. The molecule has 5 nitrogen and oxygen atoms in total. The number of piperazine rings is 1. The lowest BCUT2D eigenvalue weighted by Crippen LogP contribution is -2.49. The average molecular weight is 274 g/mol. The fourth-order valence-corrected chi connectivity index (χ4v) is 3.10. The molecular weight excluding hydrogens is 252 g/mol. The van der Waals surface area contributed by atoms with Gasteiger partial charge >= 0.3 is 0 Å². The number of nitrogens with zero attached hydrogens (tertiary/aromatic N) is 3. The van der Waals surface area contributed by atoms with Crippen LogP contribution in [-0.4, -0.2) is 60.0 Å². The van der Waals surface area contributed by atoms with Crippen LogP contribution in [0.3, 0.4) is 0 Å². The van der Waals surface area contributed by atoms with Gasteiger partial charge in [0.05, 0.1) is 0 Å². The van der Waals surface area contributed by atoms with Gasteiger partial charge in [-0.2, -0.15) is 0 Å². The zero-order valence-electron chi connectivity index (χ0n) is 11.8. The molecule has 0 bridgehead atoms. The third-order valence-corrected chi connectivity index (χ3v) is 4.17. The molecule has 1 amide bonds. The minimum absolute atomic E-state index is 0.163. The van der Waals surface area contributed by atoms with Crippen LogP contribution in [0, 0.1) is 0 Å². The zero-order chi connectivity index (χ0) is 13.8. The van der Waals surface area contributed by atoms with Crippen molar-refractivity contribution in [1.29, 1.82) is 0 Å². The molecular formula is C15H22N4O. The van der Waals surface area contributed by atoms with Gasteiger partial charge in [-0.25, -0.2) is 0 Å². The van der Waals surface area contributed by atoms with Crippen molar-refractivity contribution in [2.45, 2.75) is 18.9 Å². The number of hydrogen-bond acceptors (Lipinski definition) is 4. The second-order valence-corrected chi connectivity index (χ2v) is 5.51. The lowest BCUT2D eigenvalue weighted by Gasteiger charge is -2.36. The van der Waals surface area contributed by atoms with Gasteiger partial charge in [0, 0.05) is 51.7 Å². The van der Waals surface area contributed by atoms with E-state index in [9.17, 15) is 4.79 Å². The Morgan fingerprint density at radius 3 is 2.60 bits per heavy atom. The molecule has 1 atom stereocenters. The fraction of sp³-hybridized carbons (Fsp3) is 0.600. The highest BCUT2D eigenvalue weighted by Gasteiger charge is 2.33. The summed E-state index contributed by atoms with van der Waals surface area (Å²) in [6, 6.07) is 3.78. The van der Waals surface area contributed by atoms with Crippen molar-refractivity contribution in [3.05, 3.63) is 30.1 Å². The second kappa shape index (κ2) is 6.33. The number of carbonyl (C=O) groups excluding carboxylic acids is 1. The molecule has 2 aliphatic rings. The van der Waals surface area contributed by atoms with E-state index in [4.69, 9.17) is 0 Å². The minimum atomic E-state index is -0.163. The first kappa shape index (κ1) is 13.5. The van der Waals surface area contributed by atoms with Crippen LogP contribution < -0.4 is 5.32 Å². The number of amides is 1. The Morgan fingerprint density at radius 1 is 1.20 bits per heavy atom. The highest BCUT2D eigenvalue weighted by molar-refractivity contribution is 5.83. The first-order chi connectivity index (χ1) is 9.86. The first-order valence-electron chi connectivity index (χ1n) is 7.50. The molecule has 1 N–H and O–H groups in total. The molecule has 108 valence electrons. The predicted octanol–water partition coefficient (Wildman–Crippen LogP) is 0.650. The maximum absolute atomic E-state index is 12.9. The van der Waals surface area contributed by atoms with Gasteiger partial charge in [-0.05, 0) is 24.5 Å². The van der Waals surface area contributed by atoms with Crippen LogP contribution in [0.2, 0.25) is 0 Å². The molecule has 0 radical (unpaired) electrons. The highest BCUT2D eigenvalue weighted by atomic mass is 16.2. The van der Waals surface area contributed by atoms with E-state index >= 15 is 0 Å². The number of aromatic nitrogens is 1. The summed E-state index contributed by atoms with van der Waals surface area (Å²) >= 11 is 0. The minimum Gasteiger partial charge on any atom is -0.341 e. The maximum atomic E-state index is 12.9. The molecule has 20 heavy (non-hydrogen) atoms. The van der Waals surface area contributed by atoms with Gasteiger partial charge in [-0.15, -0.1) is 0 Å². The number of rotatable bonds is 3. The molecule has 2 fully saturated rings. The van der Waals surface area contributed by atoms with E-state index in [1.165, 1.54) is 0 Å². The first-order valence-corrected chi connectivity index (χ1v) is 7.50. The smallest absolute Gasteiger partial charge is 0.244 e. The molecule has 0 aromatic carbocycles. The van der Waals surface area contributed by atoms with Crippen molar-refractivity contribution in [3.63, 3.8) is 0 Å². The van der Waals surface area contributed by atoms with Crippen molar-refractivity contribution in [2.75, 3.05) is 39.3 Å². The van der Waals surface area contributed by atoms with Crippen molar-refractivity contribution >= 4 is 5.91 Å². The van der Waals surface area contributed by atoms with Crippen molar-refractivity contribution in [1.82, 2.24) is 20.1 Å². The van der Waals surface area contributed by atoms with Crippen molar-refractivity contribution in [2.24, 2.45) is 0 Å². The molecule has 1 aromatic rings. The second-order valence-electron chi connectivity index (χ2n) is 5.51. The summed E-state index contributed by atoms with van der Waals surface area (Å²) in [4.78, 5) is 21.4. The largest absolute Gasteiger partial charge is 0.341 e. The van der Waals surface area contributed by atoms with Gasteiger partial charge in [0.1, 0.15) is 6.04 Å². The number of carbonyl (C=O) groups is 1. The molecule has 0 aliphatic carbocycles. The maximum Gasteiger partial charge on any atom is 0.244 e. The van der Waals surface area contributed by atoms with Gasteiger partial charge in [0.15, 0.2) is 0 Å². The summed E-state index contributed by atoms with van der Waals surface area (Å²) in [7, 11) is 0. The average Bonchev–Trinajstić information content (AvgIpc) is 3.04. The van der Waals surface area contributed by atoms with Gasteiger partial charge < -0.3 is 10.2 Å². The molecule has 1 aromatic heterocycles. The Bertz CT molecular complexity index is 438. The summed E-state index contributed by atoms with van der Waals surface area (Å²) in [5.41, 5.74) is 1.02. The number of nitrogens with one attached hydrogen (secondary N) is 1. The Morgan fingerprint density at radius 2 is 1.95 bits per heavy atom. The van der Waals surface area contributed by atoms with Gasteiger partial charge in [0.25, 0.3) is 0 Å². The molecule has 3 heterocycles. The third kappa shape index (κ3) is 2.83. The van der Waals surface area contributed by atoms with Crippen LogP contribution >= 0.6 is 0 Å². The molecule has 1 unspecified atom stereocenters. The Balaban J connectivity index is 1.84. The summed E-state index contributed by atoms with van der Waals surface area (Å²) in [6.07, 6.45) is 5.86. The lowest BCUT2D eigenvalue weighted by molar-refractivity contribution is -0.136. The third-order valence-electron chi connectivity index (χ3n) is 4.17. The highest BCUT2D eigenvalue weighted by Crippen LogP contribution is 2.25. The fourth-order valence-electron chi connectivity index (χ4n) is 3.10.